The predicted molar refractivity (Wildman–Crippen MR) is 100 cm³/mol. The first-order chi connectivity index (χ1) is 13.0. The van der Waals surface area contributed by atoms with Crippen LogP contribution in [0.2, 0.25) is 0 Å². The van der Waals surface area contributed by atoms with Crippen molar-refractivity contribution in [3.63, 3.8) is 0 Å². The van der Waals surface area contributed by atoms with Gasteiger partial charge in [-0.3, -0.25) is 9.89 Å². The lowest BCUT2D eigenvalue weighted by Crippen LogP contribution is -2.15. The molecule has 8 nitrogen and oxygen atoms in total. The number of pyridine rings is 1. The van der Waals surface area contributed by atoms with Crippen molar-refractivity contribution in [3.8, 4) is 17.2 Å². The summed E-state index contributed by atoms with van der Waals surface area (Å²) in [6, 6.07) is 7.61. The molecule has 0 radical (unpaired) electrons. The number of nitrogens with one attached hydrogen (secondary N) is 2. The molecule has 1 aliphatic rings. The maximum atomic E-state index is 12.2. The van der Waals surface area contributed by atoms with Gasteiger partial charge in [-0.15, -0.1) is 0 Å². The second kappa shape index (κ2) is 6.37. The highest BCUT2D eigenvalue weighted by atomic mass is 16.3. The molecule has 8 heteroatoms. The topological polar surface area (TPSA) is 141 Å². The molecule has 1 amide bonds. The van der Waals surface area contributed by atoms with Crippen molar-refractivity contribution in [2.45, 2.75) is 20.0 Å². The number of H-pyrrole nitrogens is 1. The molecule has 0 saturated heterocycles. The Kier molecular flexibility index (Phi) is 4.01. The highest BCUT2D eigenvalue weighted by Gasteiger charge is 2.43. The van der Waals surface area contributed by atoms with Crippen LogP contribution in [0, 0.1) is 30.1 Å². The van der Waals surface area contributed by atoms with Crippen LogP contribution in [-0.2, 0) is 11.4 Å². The molecule has 1 aromatic carbocycles. The number of nitrogens with two attached hydrogens (primary N) is 1. The van der Waals surface area contributed by atoms with E-state index in [0.717, 1.165) is 27.6 Å². The Labute approximate surface area is 155 Å². The van der Waals surface area contributed by atoms with E-state index in [4.69, 9.17) is 11.0 Å². The summed E-state index contributed by atoms with van der Waals surface area (Å²) in [5.74, 6) is -0.233. The van der Waals surface area contributed by atoms with Gasteiger partial charge in [0.25, 0.3) is 0 Å². The van der Waals surface area contributed by atoms with Crippen LogP contribution in [0.5, 0.6) is 0 Å². The lowest BCUT2D eigenvalue weighted by molar-refractivity contribution is -0.117. The molecule has 0 aliphatic heterocycles. The molecular formula is C19H18N6O2. The predicted octanol–water partition coefficient (Wildman–Crippen LogP) is 2.11. The number of benzene rings is 1. The first kappa shape index (κ1) is 17.0. The number of carbonyl (C=O) groups is 1. The summed E-state index contributed by atoms with van der Waals surface area (Å²) < 4.78 is 0. The summed E-state index contributed by atoms with van der Waals surface area (Å²) in [6.45, 7) is 1.69. The van der Waals surface area contributed by atoms with Gasteiger partial charge in [0.2, 0.25) is 5.91 Å². The summed E-state index contributed by atoms with van der Waals surface area (Å²) in [5, 5.41) is 29.7. The molecule has 0 spiro atoms. The second-order valence-corrected chi connectivity index (χ2v) is 6.75. The first-order valence-corrected chi connectivity index (χ1v) is 8.56. The quantitative estimate of drug-likeness (QED) is 0.524. The molecule has 2 atom stereocenters. The van der Waals surface area contributed by atoms with Gasteiger partial charge in [0.1, 0.15) is 5.82 Å². The van der Waals surface area contributed by atoms with Crippen LogP contribution in [0.1, 0.15) is 17.8 Å². The molecule has 5 N–H and O–H groups in total. The van der Waals surface area contributed by atoms with Crippen LogP contribution in [0.3, 0.4) is 0 Å². The van der Waals surface area contributed by atoms with Gasteiger partial charge in [-0.05, 0) is 42.5 Å². The number of anilines is 2. The fourth-order valence-corrected chi connectivity index (χ4v) is 3.32. The van der Waals surface area contributed by atoms with Crippen LogP contribution in [0.4, 0.5) is 11.5 Å². The van der Waals surface area contributed by atoms with E-state index in [-0.39, 0.29) is 24.3 Å². The largest absolute Gasteiger partial charge is 0.398 e. The molecule has 2 unspecified atom stereocenters. The molecule has 1 fully saturated rings. The lowest BCUT2D eigenvalue weighted by Gasteiger charge is -2.10. The first-order valence-electron chi connectivity index (χ1n) is 8.56. The monoisotopic (exact) mass is 362 g/mol. The van der Waals surface area contributed by atoms with Crippen LogP contribution < -0.4 is 11.1 Å². The molecule has 0 bridgehead atoms. The van der Waals surface area contributed by atoms with Gasteiger partial charge >= 0.3 is 0 Å². The van der Waals surface area contributed by atoms with Gasteiger partial charge in [-0.1, -0.05) is 0 Å². The van der Waals surface area contributed by atoms with E-state index in [2.05, 4.69) is 26.6 Å². The minimum Gasteiger partial charge on any atom is -0.398 e. The third-order valence-corrected chi connectivity index (χ3v) is 4.87. The number of hydrogen-bond donors (Lipinski definition) is 4. The minimum atomic E-state index is -0.260. The van der Waals surface area contributed by atoms with E-state index >= 15 is 0 Å². The fourth-order valence-electron chi connectivity index (χ4n) is 3.32. The zero-order valence-electron chi connectivity index (χ0n) is 14.7. The number of aromatic amines is 1. The Morgan fingerprint density at radius 3 is 3.00 bits per heavy atom. The number of aryl methyl sites for hydroxylation is 1. The van der Waals surface area contributed by atoms with Crippen LogP contribution in [0.15, 0.2) is 24.4 Å². The number of hydrogen-bond acceptors (Lipinski definition) is 6. The molecule has 1 saturated carbocycles. The van der Waals surface area contributed by atoms with Crippen molar-refractivity contribution in [3.05, 3.63) is 35.8 Å². The number of amides is 1. The van der Waals surface area contributed by atoms with Gasteiger partial charge in [0.15, 0.2) is 0 Å². The van der Waals surface area contributed by atoms with Gasteiger partial charge in [0.05, 0.1) is 30.2 Å². The third kappa shape index (κ3) is 2.98. The number of aromatic nitrogens is 3. The number of nitrogen functional groups attached to an aromatic ring is 1. The number of aliphatic hydroxyl groups excluding tert-OH is 1. The zero-order valence-corrected chi connectivity index (χ0v) is 14.7. The fraction of sp³-hybridized carbons (Fsp3) is 0.263. The van der Waals surface area contributed by atoms with Gasteiger partial charge < -0.3 is 16.2 Å². The SMILES string of the molecule is Cc1[nH]nc(CO)c1-c1cc(N)c2cnc(NC(=O)C3CC3C#N)cc2c1. The maximum absolute atomic E-state index is 12.2. The Morgan fingerprint density at radius 1 is 1.48 bits per heavy atom. The van der Waals surface area contributed by atoms with E-state index in [0.29, 0.717) is 23.6 Å². The number of rotatable bonds is 4. The lowest BCUT2D eigenvalue weighted by atomic mass is 9.99. The molecule has 27 heavy (non-hydrogen) atoms. The molecule has 2 heterocycles. The highest BCUT2D eigenvalue weighted by molar-refractivity contribution is 6.00. The third-order valence-electron chi connectivity index (χ3n) is 4.87. The van der Waals surface area contributed by atoms with Crippen molar-refractivity contribution in [2.24, 2.45) is 11.8 Å². The van der Waals surface area contributed by atoms with Gasteiger partial charge in [-0.2, -0.15) is 10.4 Å². The van der Waals surface area contributed by atoms with Crippen LogP contribution >= 0.6 is 0 Å². The average Bonchev–Trinajstić information content (AvgIpc) is 3.36. The smallest absolute Gasteiger partial charge is 0.230 e. The molecular weight excluding hydrogens is 344 g/mol. The summed E-state index contributed by atoms with van der Waals surface area (Å²) in [7, 11) is 0. The molecule has 3 aromatic rings. The Hall–Kier alpha value is -3.44. The molecule has 1 aliphatic carbocycles. The summed E-state index contributed by atoms with van der Waals surface area (Å²) in [5.41, 5.74) is 9.75. The van der Waals surface area contributed by atoms with E-state index < -0.39 is 0 Å². The number of carbonyl (C=O) groups excluding carboxylic acids is 1. The van der Waals surface area contributed by atoms with Gasteiger partial charge in [0, 0.05) is 28.5 Å². The number of nitrogens with zero attached hydrogens (tertiary/aromatic N) is 3. The normalized spacial score (nSPS) is 18.3. The zero-order chi connectivity index (χ0) is 19.1. The van der Waals surface area contributed by atoms with Crippen molar-refractivity contribution in [1.29, 1.82) is 5.26 Å². The standard InChI is InChI=1S/C19H18N6O2/c1-9-18(16(8-26)25-24-9)11-2-10-5-17(22-7-14(10)15(21)4-11)23-19(27)13-3-12(13)6-20/h2,4-5,7,12-13,26H,3,8,21H2,1H3,(H,24,25)(H,22,23,27). The van der Waals surface area contributed by atoms with E-state index in [1.165, 1.54) is 0 Å². The van der Waals surface area contributed by atoms with Crippen LogP contribution in [0.25, 0.3) is 21.9 Å². The molecule has 4 rings (SSSR count). The number of fused-ring (bicyclic) bond motifs is 1. The van der Waals surface area contributed by atoms with Crippen molar-refractivity contribution < 1.29 is 9.90 Å². The Bertz CT molecular complexity index is 1100. The number of nitriles is 1. The van der Waals surface area contributed by atoms with Crippen molar-refractivity contribution >= 4 is 28.2 Å². The summed E-state index contributed by atoms with van der Waals surface area (Å²) >= 11 is 0. The average molecular weight is 362 g/mol. The maximum Gasteiger partial charge on any atom is 0.230 e. The number of aliphatic hydroxyl groups is 1. The second-order valence-electron chi connectivity index (χ2n) is 6.75. The highest BCUT2D eigenvalue weighted by Crippen LogP contribution is 2.38. The summed E-state index contributed by atoms with van der Waals surface area (Å²) in [4.78, 5) is 16.4. The Balaban J connectivity index is 1.71. The van der Waals surface area contributed by atoms with E-state index in [9.17, 15) is 9.90 Å². The van der Waals surface area contributed by atoms with E-state index in [1.54, 1.807) is 12.3 Å². The van der Waals surface area contributed by atoms with Gasteiger partial charge in [-0.25, -0.2) is 4.98 Å². The van der Waals surface area contributed by atoms with Crippen molar-refractivity contribution in [2.75, 3.05) is 11.1 Å². The van der Waals surface area contributed by atoms with Crippen LogP contribution in [-0.4, -0.2) is 26.2 Å². The summed E-state index contributed by atoms with van der Waals surface area (Å²) in [6.07, 6.45) is 2.21. The minimum absolute atomic E-state index is 0.184. The molecule has 136 valence electrons. The Morgan fingerprint density at radius 2 is 2.30 bits per heavy atom. The molecule has 2 aromatic heterocycles. The van der Waals surface area contributed by atoms with E-state index in [1.807, 2.05) is 19.1 Å². The van der Waals surface area contributed by atoms with Crippen molar-refractivity contribution in [1.82, 2.24) is 15.2 Å².